The average molecular weight is 291 g/mol. The predicted octanol–water partition coefficient (Wildman–Crippen LogP) is 1.86. The second-order valence-corrected chi connectivity index (χ2v) is 5.48. The molecule has 1 aliphatic heterocycles. The molecule has 0 spiro atoms. The van der Waals surface area contributed by atoms with E-state index in [9.17, 15) is 9.59 Å². The van der Waals surface area contributed by atoms with Crippen molar-refractivity contribution in [2.24, 2.45) is 5.92 Å². The van der Waals surface area contributed by atoms with Crippen LogP contribution in [0, 0.1) is 5.92 Å². The molecule has 1 aliphatic rings. The summed E-state index contributed by atoms with van der Waals surface area (Å²) in [5.41, 5.74) is 1.23. The first-order valence-electron chi connectivity index (χ1n) is 7.25. The van der Waals surface area contributed by atoms with Gasteiger partial charge in [0.25, 0.3) is 0 Å². The third-order valence-corrected chi connectivity index (χ3v) is 3.90. The fourth-order valence-electron chi connectivity index (χ4n) is 2.46. The molecule has 1 aromatic carbocycles. The summed E-state index contributed by atoms with van der Waals surface area (Å²) in [5, 5.41) is 11.8. The molecular formula is C16H21NO4. The van der Waals surface area contributed by atoms with Crippen molar-refractivity contribution in [1.82, 2.24) is 5.32 Å². The fraction of sp³-hybridized carbons (Fsp3) is 0.500. The minimum absolute atomic E-state index is 0.0247. The Morgan fingerprint density at radius 3 is 2.67 bits per heavy atom. The largest absolute Gasteiger partial charge is 0.478 e. The normalized spacial score (nSPS) is 19.2. The smallest absolute Gasteiger partial charge is 0.335 e. The highest BCUT2D eigenvalue weighted by Gasteiger charge is 2.23. The molecule has 114 valence electrons. The van der Waals surface area contributed by atoms with Crippen LogP contribution >= 0.6 is 0 Å². The molecule has 2 unspecified atom stereocenters. The van der Waals surface area contributed by atoms with Gasteiger partial charge in [0.15, 0.2) is 0 Å². The number of hydrogen-bond acceptors (Lipinski definition) is 3. The van der Waals surface area contributed by atoms with Gasteiger partial charge in [0.2, 0.25) is 5.91 Å². The summed E-state index contributed by atoms with van der Waals surface area (Å²) in [6.45, 7) is 3.51. The highest BCUT2D eigenvalue weighted by atomic mass is 16.5. The van der Waals surface area contributed by atoms with Crippen molar-refractivity contribution in [1.29, 1.82) is 0 Å². The number of rotatable bonds is 6. The maximum atomic E-state index is 11.9. The molecule has 1 aromatic rings. The quantitative estimate of drug-likeness (QED) is 0.839. The zero-order valence-electron chi connectivity index (χ0n) is 12.2. The number of aryl methyl sites for hydroxylation is 1. The summed E-state index contributed by atoms with van der Waals surface area (Å²) in [4.78, 5) is 22.7. The second kappa shape index (κ2) is 7.22. The molecule has 1 saturated heterocycles. The Hall–Kier alpha value is -1.88. The number of nitrogens with one attached hydrogen (secondary N) is 1. The van der Waals surface area contributed by atoms with Gasteiger partial charge in [-0.3, -0.25) is 4.79 Å². The predicted molar refractivity (Wildman–Crippen MR) is 78.3 cm³/mol. The number of hydrogen-bond donors (Lipinski definition) is 2. The summed E-state index contributed by atoms with van der Waals surface area (Å²) in [7, 11) is 0. The van der Waals surface area contributed by atoms with Gasteiger partial charge in [-0.05, 0) is 37.5 Å². The highest BCUT2D eigenvalue weighted by molar-refractivity contribution is 5.87. The molecule has 2 rings (SSSR count). The van der Waals surface area contributed by atoms with E-state index in [0.29, 0.717) is 18.8 Å². The Balaban J connectivity index is 1.76. The molecule has 1 fully saturated rings. The van der Waals surface area contributed by atoms with Crippen molar-refractivity contribution >= 4 is 11.9 Å². The van der Waals surface area contributed by atoms with Crippen molar-refractivity contribution < 1.29 is 19.4 Å². The van der Waals surface area contributed by atoms with E-state index >= 15 is 0 Å². The molecule has 1 heterocycles. The zero-order valence-corrected chi connectivity index (χ0v) is 12.2. The van der Waals surface area contributed by atoms with Gasteiger partial charge < -0.3 is 15.2 Å². The molecule has 0 bridgehead atoms. The summed E-state index contributed by atoms with van der Waals surface area (Å²) >= 11 is 0. The highest BCUT2D eigenvalue weighted by Crippen LogP contribution is 2.16. The molecule has 0 saturated carbocycles. The lowest BCUT2D eigenvalue weighted by atomic mass is 10.0. The summed E-state index contributed by atoms with van der Waals surface area (Å²) in [6.07, 6.45) is 2.02. The lowest BCUT2D eigenvalue weighted by Gasteiger charge is -2.19. The van der Waals surface area contributed by atoms with E-state index in [2.05, 4.69) is 5.32 Å². The van der Waals surface area contributed by atoms with Gasteiger partial charge in [0.1, 0.15) is 0 Å². The van der Waals surface area contributed by atoms with Crippen LogP contribution in [-0.2, 0) is 16.0 Å². The van der Waals surface area contributed by atoms with Crippen molar-refractivity contribution in [3.63, 3.8) is 0 Å². The number of amides is 1. The number of carbonyl (C=O) groups excluding carboxylic acids is 1. The monoisotopic (exact) mass is 291 g/mol. The molecule has 2 N–H and O–H groups in total. The first kappa shape index (κ1) is 15.5. The van der Waals surface area contributed by atoms with Crippen LogP contribution in [0.3, 0.4) is 0 Å². The van der Waals surface area contributed by atoms with Crippen molar-refractivity contribution in [2.75, 3.05) is 13.2 Å². The van der Waals surface area contributed by atoms with E-state index in [1.807, 2.05) is 6.92 Å². The molecule has 0 radical (unpaired) electrons. The maximum absolute atomic E-state index is 11.9. The molecule has 21 heavy (non-hydrogen) atoms. The standard InChI is InChI=1S/C16H21NO4/c1-11(14-8-9-21-10-14)17-15(18)7-4-12-2-5-13(6-3-12)16(19)20/h2-3,5-6,11,14H,4,7-10H2,1H3,(H,17,18)(H,19,20). The third-order valence-electron chi connectivity index (χ3n) is 3.90. The fourth-order valence-corrected chi connectivity index (χ4v) is 2.46. The number of carbonyl (C=O) groups is 2. The molecule has 0 aromatic heterocycles. The first-order chi connectivity index (χ1) is 10.1. The van der Waals surface area contributed by atoms with Crippen molar-refractivity contribution in [2.45, 2.75) is 32.2 Å². The SMILES string of the molecule is CC(NC(=O)CCc1ccc(C(=O)O)cc1)C1CCOC1. The average Bonchev–Trinajstić information content (AvgIpc) is 3.00. The van der Waals surface area contributed by atoms with Crippen molar-refractivity contribution in [3.05, 3.63) is 35.4 Å². The van der Waals surface area contributed by atoms with Gasteiger partial charge in [-0.1, -0.05) is 12.1 Å². The van der Waals surface area contributed by atoms with E-state index in [0.717, 1.165) is 25.2 Å². The molecule has 0 aliphatic carbocycles. The van der Waals surface area contributed by atoms with Crippen LogP contribution < -0.4 is 5.32 Å². The van der Waals surface area contributed by atoms with Gasteiger partial charge in [-0.2, -0.15) is 0 Å². The van der Waals surface area contributed by atoms with Gasteiger partial charge in [0, 0.05) is 25.0 Å². The minimum atomic E-state index is -0.938. The van der Waals surface area contributed by atoms with Crippen LogP contribution in [0.15, 0.2) is 24.3 Å². The maximum Gasteiger partial charge on any atom is 0.335 e. The Bertz CT molecular complexity index is 492. The Morgan fingerprint density at radius 2 is 2.10 bits per heavy atom. The van der Waals surface area contributed by atoms with Gasteiger partial charge >= 0.3 is 5.97 Å². The molecular weight excluding hydrogens is 270 g/mol. The minimum Gasteiger partial charge on any atom is -0.478 e. The van der Waals surface area contributed by atoms with Gasteiger partial charge in [0.05, 0.1) is 12.2 Å². The number of benzene rings is 1. The van der Waals surface area contributed by atoms with E-state index in [1.165, 1.54) is 0 Å². The van der Waals surface area contributed by atoms with Crippen LogP contribution in [0.25, 0.3) is 0 Å². The van der Waals surface area contributed by atoms with E-state index in [1.54, 1.807) is 24.3 Å². The first-order valence-corrected chi connectivity index (χ1v) is 7.25. The van der Waals surface area contributed by atoms with E-state index in [4.69, 9.17) is 9.84 Å². The molecule has 5 heteroatoms. The molecule has 2 atom stereocenters. The van der Waals surface area contributed by atoms with Crippen LogP contribution in [0.1, 0.15) is 35.7 Å². The van der Waals surface area contributed by atoms with Gasteiger partial charge in [-0.25, -0.2) is 4.79 Å². The lowest BCUT2D eigenvalue weighted by molar-refractivity contribution is -0.122. The Labute approximate surface area is 124 Å². The number of ether oxygens (including phenoxy) is 1. The van der Waals surface area contributed by atoms with E-state index in [-0.39, 0.29) is 17.5 Å². The summed E-state index contributed by atoms with van der Waals surface area (Å²) in [6, 6.07) is 6.77. The van der Waals surface area contributed by atoms with Crippen LogP contribution in [0.4, 0.5) is 0 Å². The second-order valence-electron chi connectivity index (χ2n) is 5.48. The van der Waals surface area contributed by atoms with Crippen LogP contribution in [-0.4, -0.2) is 36.2 Å². The zero-order chi connectivity index (χ0) is 15.2. The number of carboxylic acids is 1. The van der Waals surface area contributed by atoms with Crippen LogP contribution in [0.2, 0.25) is 0 Å². The number of aromatic carboxylic acids is 1. The summed E-state index contributed by atoms with van der Waals surface area (Å²) in [5.74, 6) is -0.507. The molecule has 1 amide bonds. The van der Waals surface area contributed by atoms with E-state index < -0.39 is 5.97 Å². The number of carboxylic acid groups (broad SMARTS) is 1. The van der Waals surface area contributed by atoms with Crippen LogP contribution in [0.5, 0.6) is 0 Å². The summed E-state index contributed by atoms with van der Waals surface area (Å²) < 4.78 is 5.32. The lowest BCUT2D eigenvalue weighted by Crippen LogP contribution is -2.38. The molecule has 5 nitrogen and oxygen atoms in total. The topological polar surface area (TPSA) is 75.6 Å². The van der Waals surface area contributed by atoms with Gasteiger partial charge in [-0.15, -0.1) is 0 Å². The Morgan fingerprint density at radius 1 is 1.38 bits per heavy atom. The Kier molecular flexibility index (Phi) is 5.33. The third kappa shape index (κ3) is 4.56. The van der Waals surface area contributed by atoms with Crippen molar-refractivity contribution in [3.8, 4) is 0 Å².